The van der Waals surface area contributed by atoms with Crippen LogP contribution in [0.2, 0.25) is 0 Å². The van der Waals surface area contributed by atoms with Crippen LogP contribution in [0.4, 0.5) is 5.69 Å². The topological polar surface area (TPSA) is 60.9 Å². The smallest absolute Gasteiger partial charge is 0.253 e. The number of hydrogen-bond donors (Lipinski definition) is 1. The van der Waals surface area contributed by atoms with Gasteiger partial charge in [0, 0.05) is 54.6 Å². The van der Waals surface area contributed by atoms with Crippen molar-refractivity contribution in [3.63, 3.8) is 0 Å². The zero-order valence-corrected chi connectivity index (χ0v) is 15.0. The van der Waals surface area contributed by atoms with Gasteiger partial charge in [-0.05, 0) is 29.8 Å². The molecular weight excluding hydrogens is 336 g/mol. The lowest BCUT2D eigenvalue weighted by atomic mass is 10.1. The van der Waals surface area contributed by atoms with Crippen LogP contribution in [-0.4, -0.2) is 52.6 Å². The van der Waals surface area contributed by atoms with Crippen LogP contribution in [0.1, 0.15) is 15.9 Å². The number of carbonyl (C=O) groups excluding carboxylic acids is 1. The molecule has 132 valence electrons. The fourth-order valence-corrected chi connectivity index (χ4v) is 3.74. The Morgan fingerprint density at radius 3 is 2.48 bits per heavy atom. The van der Waals surface area contributed by atoms with Gasteiger partial charge in [-0.2, -0.15) is 0 Å². The van der Waals surface area contributed by atoms with E-state index in [0.717, 1.165) is 11.3 Å². The maximum absolute atomic E-state index is 12.7. The van der Waals surface area contributed by atoms with Gasteiger partial charge in [0.1, 0.15) is 5.75 Å². The first-order valence-electron chi connectivity index (χ1n) is 8.26. The Bertz CT molecular complexity index is 786. The molecule has 5 nitrogen and oxygen atoms in total. The Hall–Kier alpha value is -2.34. The van der Waals surface area contributed by atoms with Gasteiger partial charge in [0.25, 0.3) is 5.91 Å². The molecule has 0 saturated carbocycles. The molecule has 0 spiro atoms. The molecule has 0 radical (unpaired) electrons. The summed E-state index contributed by atoms with van der Waals surface area (Å²) in [5, 5.41) is 9.97. The number of nitrogens with zero attached hydrogens (tertiary/aromatic N) is 2. The molecule has 1 heterocycles. The fraction of sp³-hybridized carbons (Fsp3) is 0.316. The van der Waals surface area contributed by atoms with Crippen LogP contribution in [0.15, 0.2) is 48.5 Å². The van der Waals surface area contributed by atoms with Gasteiger partial charge in [-0.25, -0.2) is 0 Å². The van der Waals surface area contributed by atoms with Gasteiger partial charge in [-0.15, -0.1) is 0 Å². The summed E-state index contributed by atoms with van der Waals surface area (Å²) in [6.45, 7) is 2.58. The number of piperazine rings is 1. The molecule has 1 saturated heterocycles. The average molecular weight is 358 g/mol. The van der Waals surface area contributed by atoms with Gasteiger partial charge >= 0.3 is 0 Å². The monoisotopic (exact) mass is 358 g/mol. The fourth-order valence-electron chi connectivity index (χ4n) is 3.09. The Balaban J connectivity index is 1.66. The number of aromatic hydroxyl groups is 1. The second-order valence-electron chi connectivity index (χ2n) is 6.19. The van der Waals surface area contributed by atoms with E-state index in [0.29, 0.717) is 37.5 Å². The van der Waals surface area contributed by atoms with Gasteiger partial charge < -0.3 is 14.9 Å². The van der Waals surface area contributed by atoms with Gasteiger partial charge in [0.2, 0.25) is 0 Å². The molecule has 1 fully saturated rings. The number of amides is 1. The molecule has 1 aliphatic heterocycles. The molecule has 6 heteroatoms. The van der Waals surface area contributed by atoms with Crippen LogP contribution in [-0.2, 0) is 16.6 Å². The maximum atomic E-state index is 12.7. The summed E-state index contributed by atoms with van der Waals surface area (Å²) in [5.41, 5.74) is 2.36. The van der Waals surface area contributed by atoms with Crippen LogP contribution in [0, 0.1) is 0 Å². The summed E-state index contributed by atoms with van der Waals surface area (Å²) in [7, 11) is -0.926. The lowest BCUT2D eigenvalue weighted by Gasteiger charge is -2.36. The quantitative estimate of drug-likeness (QED) is 0.911. The van der Waals surface area contributed by atoms with Crippen LogP contribution in [0.25, 0.3) is 0 Å². The van der Waals surface area contributed by atoms with Crippen molar-refractivity contribution in [2.45, 2.75) is 5.75 Å². The Kier molecular flexibility index (Phi) is 5.38. The predicted octanol–water partition coefficient (Wildman–Crippen LogP) is 2.23. The highest BCUT2D eigenvalue weighted by atomic mass is 32.2. The van der Waals surface area contributed by atoms with Crippen LogP contribution in [0.3, 0.4) is 0 Å². The molecule has 2 aromatic carbocycles. The second-order valence-corrected chi connectivity index (χ2v) is 7.62. The molecule has 25 heavy (non-hydrogen) atoms. The molecule has 0 bridgehead atoms. The van der Waals surface area contributed by atoms with Crippen LogP contribution in [0.5, 0.6) is 5.75 Å². The van der Waals surface area contributed by atoms with Crippen molar-refractivity contribution in [2.24, 2.45) is 0 Å². The van der Waals surface area contributed by atoms with E-state index in [2.05, 4.69) is 4.90 Å². The van der Waals surface area contributed by atoms with Crippen molar-refractivity contribution >= 4 is 22.4 Å². The third-order valence-corrected chi connectivity index (χ3v) is 5.07. The standard InChI is InChI=1S/C19H22N2O3S/c1-25(24)14-15-5-4-6-16(13-15)19(23)21-11-9-20(10-12-21)17-7-2-3-8-18(17)22/h2-8,13,22H,9-12,14H2,1H3/t25-/m1/s1. The molecule has 0 aromatic heterocycles. The van der Waals surface area contributed by atoms with Crippen molar-refractivity contribution in [3.8, 4) is 5.75 Å². The summed E-state index contributed by atoms with van der Waals surface area (Å²) in [4.78, 5) is 16.7. The first-order valence-corrected chi connectivity index (χ1v) is 9.98. The highest BCUT2D eigenvalue weighted by molar-refractivity contribution is 7.83. The highest BCUT2D eigenvalue weighted by Gasteiger charge is 2.23. The molecule has 1 N–H and O–H groups in total. The first-order chi connectivity index (χ1) is 12.0. The summed E-state index contributed by atoms with van der Waals surface area (Å²) in [6, 6.07) is 14.6. The molecule has 1 amide bonds. The minimum Gasteiger partial charge on any atom is -0.506 e. The van der Waals surface area contributed by atoms with Crippen molar-refractivity contribution in [1.29, 1.82) is 0 Å². The lowest BCUT2D eigenvalue weighted by molar-refractivity contribution is 0.0746. The number of hydrogen-bond acceptors (Lipinski definition) is 4. The number of carbonyl (C=O) groups is 1. The predicted molar refractivity (Wildman–Crippen MR) is 100 cm³/mol. The van der Waals surface area contributed by atoms with E-state index in [1.165, 1.54) is 0 Å². The third kappa shape index (κ3) is 4.20. The number of para-hydroxylation sites is 2. The Morgan fingerprint density at radius 1 is 1.08 bits per heavy atom. The maximum Gasteiger partial charge on any atom is 0.253 e. The van der Waals surface area contributed by atoms with E-state index in [-0.39, 0.29) is 11.7 Å². The van der Waals surface area contributed by atoms with Crippen LogP contribution < -0.4 is 4.90 Å². The second kappa shape index (κ2) is 7.70. The number of phenols is 1. The molecule has 1 atom stereocenters. The summed E-state index contributed by atoms with van der Waals surface area (Å²) < 4.78 is 11.4. The molecule has 0 unspecified atom stereocenters. The van der Waals surface area contributed by atoms with Crippen molar-refractivity contribution in [3.05, 3.63) is 59.7 Å². The SMILES string of the molecule is C[S@@](=O)Cc1cccc(C(=O)N2CCN(c3ccccc3O)CC2)c1. The summed E-state index contributed by atoms with van der Waals surface area (Å²) >= 11 is 0. The third-order valence-electron chi connectivity index (χ3n) is 4.33. The van der Waals surface area contributed by atoms with Crippen LogP contribution >= 0.6 is 0 Å². The van der Waals surface area contributed by atoms with E-state index in [1.807, 2.05) is 35.2 Å². The zero-order valence-electron chi connectivity index (χ0n) is 14.2. The van der Waals surface area contributed by atoms with Gasteiger partial charge in [0.05, 0.1) is 5.69 Å². The Labute approximate surface area is 150 Å². The molecule has 0 aliphatic carbocycles. The van der Waals surface area contributed by atoms with E-state index in [1.54, 1.807) is 24.5 Å². The molecular formula is C19H22N2O3S. The van der Waals surface area contributed by atoms with E-state index >= 15 is 0 Å². The highest BCUT2D eigenvalue weighted by Crippen LogP contribution is 2.27. The molecule has 2 aromatic rings. The average Bonchev–Trinajstić information content (AvgIpc) is 2.61. The van der Waals surface area contributed by atoms with Gasteiger partial charge in [-0.3, -0.25) is 9.00 Å². The van der Waals surface area contributed by atoms with Crippen molar-refractivity contribution in [1.82, 2.24) is 4.90 Å². The van der Waals surface area contributed by atoms with Gasteiger partial charge in [-0.1, -0.05) is 24.3 Å². The lowest BCUT2D eigenvalue weighted by Crippen LogP contribution is -2.48. The van der Waals surface area contributed by atoms with Crippen molar-refractivity contribution in [2.75, 3.05) is 37.3 Å². The van der Waals surface area contributed by atoms with Crippen molar-refractivity contribution < 1.29 is 14.1 Å². The normalized spacial score (nSPS) is 15.9. The Morgan fingerprint density at radius 2 is 1.80 bits per heavy atom. The van der Waals surface area contributed by atoms with E-state index in [9.17, 15) is 14.1 Å². The first kappa shape index (κ1) is 17.5. The van der Waals surface area contributed by atoms with E-state index < -0.39 is 10.8 Å². The number of rotatable bonds is 4. The number of anilines is 1. The summed E-state index contributed by atoms with van der Waals surface area (Å²) in [5.74, 6) is 0.727. The minimum atomic E-state index is -0.926. The minimum absolute atomic E-state index is 0.000619. The van der Waals surface area contributed by atoms with E-state index in [4.69, 9.17) is 0 Å². The summed E-state index contributed by atoms with van der Waals surface area (Å²) in [6.07, 6.45) is 1.66. The number of phenolic OH excluding ortho intramolecular Hbond substituents is 1. The zero-order chi connectivity index (χ0) is 17.8. The number of benzene rings is 2. The molecule has 1 aliphatic rings. The molecule has 3 rings (SSSR count). The van der Waals surface area contributed by atoms with Gasteiger partial charge in [0.15, 0.2) is 0 Å². The largest absolute Gasteiger partial charge is 0.506 e.